The minimum Gasteiger partial charge on any atom is -0.399 e. The number of halogens is 4. The molecule has 0 amide bonds. The molecule has 0 fully saturated rings. The van der Waals surface area contributed by atoms with E-state index in [4.69, 9.17) is 5.73 Å². The second-order valence-electron chi connectivity index (χ2n) is 2.55. The van der Waals surface area contributed by atoms with Gasteiger partial charge in [-0.1, -0.05) is 0 Å². The Bertz CT molecular complexity index is 416. The average Bonchev–Trinajstić information content (AvgIpc) is 2.09. The molecule has 0 atom stereocenters. The predicted molar refractivity (Wildman–Crippen MR) is 49.3 cm³/mol. The number of ether oxygens (including phenoxy) is 1. The molecule has 8 heteroatoms. The Morgan fingerprint density at radius 1 is 1.53 bits per heavy atom. The van der Waals surface area contributed by atoms with E-state index in [0.717, 1.165) is 6.07 Å². The maximum atomic E-state index is 11.9. The van der Waals surface area contributed by atoms with E-state index in [-0.39, 0.29) is 11.1 Å². The quantitative estimate of drug-likeness (QED) is 0.810. The van der Waals surface area contributed by atoms with Gasteiger partial charge in [0.1, 0.15) is 4.60 Å². The smallest absolute Gasteiger partial charge is 0.399 e. The number of nitrogens with one attached hydrogen (secondary N) is 1. The van der Waals surface area contributed by atoms with Crippen molar-refractivity contribution in [2.75, 3.05) is 0 Å². The van der Waals surface area contributed by atoms with E-state index in [0.29, 0.717) is 5.69 Å². The number of aromatic amines is 1. The molecule has 1 heterocycles. The third-order valence-electron chi connectivity index (χ3n) is 1.44. The van der Waals surface area contributed by atoms with Crippen molar-refractivity contribution >= 4 is 15.9 Å². The summed E-state index contributed by atoms with van der Waals surface area (Å²) in [6, 6.07) is 0.950. The highest BCUT2D eigenvalue weighted by Gasteiger charge is 2.33. The van der Waals surface area contributed by atoms with Gasteiger partial charge >= 0.3 is 6.36 Å². The number of aromatic nitrogens is 1. The SMILES string of the molecule is NCc1cc(=O)c(OC(F)(F)F)c(Br)[nH]1. The van der Waals surface area contributed by atoms with Crippen molar-refractivity contribution in [3.63, 3.8) is 0 Å². The molecule has 0 aromatic carbocycles. The molecule has 0 aliphatic carbocycles. The van der Waals surface area contributed by atoms with Crippen LogP contribution in [-0.4, -0.2) is 11.3 Å². The van der Waals surface area contributed by atoms with Crippen molar-refractivity contribution in [1.82, 2.24) is 4.98 Å². The Morgan fingerprint density at radius 3 is 2.53 bits per heavy atom. The van der Waals surface area contributed by atoms with Crippen molar-refractivity contribution in [3.8, 4) is 5.75 Å². The number of hydrogen-bond donors (Lipinski definition) is 2. The molecule has 0 spiro atoms. The molecule has 1 aromatic heterocycles. The fraction of sp³-hybridized carbons (Fsp3) is 0.286. The molecular weight excluding hydrogens is 281 g/mol. The maximum Gasteiger partial charge on any atom is 0.573 e. The van der Waals surface area contributed by atoms with Crippen molar-refractivity contribution in [1.29, 1.82) is 0 Å². The normalized spacial score (nSPS) is 11.5. The summed E-state index contributed by atoms with van der Waals surface area (Å²) in [5, 5.41) is 0. The Morgan fingerprint density at radius 2 is 2.13 bits per heavy atom. The molecule has 15 heavy (non-hydrogen) atoms. The molecule has 0 saturated carbocycles. The standard InChI is InChI=1S/C7H6BrF3N2O2/c8-6-5(15-7(9,10)11)4(14)1-3(2-12)13-6/h1H,2,12H2,(H,13,14). The second-order valence-corrected chi connectivity index (χ2v) is 3.35. The molecule has 0 aliphatic heterocycles. The molecule has 84 valence electrons. The Balaban J connectivity index is 3.15. The number of H-pyrrole nitrogens is 1. The van der Waals surface area contributed by atoms with E-state index in [1.165, 1.54) is 0 Å². The summed E-state index contributed by atoms with van der Waals surface area (Å²) < 4.78 is 38.9. The Kier molecular flexibility index (Phi) is 3.40. The van der Waals surface area contributed by atoms with Gasteiger partial charge in [-0.05, 0) is 15.9 Å². The number of hydrogen-bond acceptors (Lipinski definition) is 3. The molecule has 0 aliphatic rings. The van der Waals surface area contributed by atoms with Crippen LogP contribution in [0.1, 0.15) is 5.69 Å². The van der Waals surface area contributed by atoms with Crippen molar-refractivity contribution < 1.29 is 17.9 Å². The van der Waals surface area contributed by atoms with E-state index in [1.54, 1.807) is 0 Å². The zero-order chi connectivity index (χ0) is 11.6. The topological polar surface area (TPSA) is 68.1 Å². The molecule has 3 N–H and O–H groups in total. The van der Waals surface area contributed by atoms with Gasteiger partial charge in [-0.3, -0.25) is 4.79 Å². The van der Waals surface area contributed by atoms with Crippen LogP contribution in [0.2, 0.25) is 0 Å². The predicted octanol–water partition coefficient (Wildman–Crippen LogP) is 1.49. The molecule has 0 bridgehead atoms. The molecule has 1 aromatic rings. The van der Waals surface area contributed by atoms with Gasteiger partial charge in [0.05, 0.1) is 0 Å². The van der Waals surface area contributed by atoms with E-state index >= 15 is 0 Å². The van der Waals surface area contributed by atoms with E-state index in [2.05, 4.69) is 25.7 Å². The average molecular weight is 287 g/mol. The van der Waals surface area contributed by atoms with Gasteiger partial charge in [0.2, 0.25) is 11.2 Å². The third-order valence-corrected chi connectivity index (χ3v) is 1.99. The fourth-order valence-electron chi connectivity index (χ4n) is 0.887. The van der Waals surface area contributed by atoms with Crippen LogP contribution in [0.4, 0.5) is 13.2 Å². The number of rotatable bonds is 2. The Hall–Kier alpha value is -1.02. The summed E-state index contributed by atoms with van der Waals surface area (Å²) in [5.74, 6) is -0.834. The first-order valence-corrected chi connectivity index (χ1v) is 4.50. The van der Waals surface area contributed by atoms with E-state index in [9.17, 15) is 18.0 Å². The van der Waals surface area contributed by atoms with Crippen LogP contribution in [0.15, 0.2) is 15.5 Å². The second kappa shape index (κ2) is 4.23. The summed E-state index contributed by atoms with van der Waals surface area (Å²) in [6.07, 6.45) is -4.90. The van der Waals surface area contributed by atoms with Crippen LogP contribution in [0, 0.1) is 0 Å². The minimum absolute atomic E-state index is 0.0140. The summed E-state index contributed by atoms with van der Waals surface area (Å²) in [6.45, 7) is 0.0140. The lowest BCUT2D eigenvalue weighted by molar-refractivity contribution is -0.275. The first-order chi connectivity index (χ1) is 6.83. The minimum atomic E-state index is -4.90. The van der Waals surface area contributed by atoms with Crippen LogP contribution >= 0.6 is 15.9 Å². The van der Waals surface area contributed by atoms with E-state index in [1.807, 2.05) is 0 Å². The zero-order valence-corrected chi connectivity index (χ0v) is 8.78. The number of nitrogens with two attached hydrogens (primary N) is 1. The summed E-state index contributed by atoms with van der Waals surface area (Å²) in [7, 11) is 0. The molecule has 0 unspecified atom stereocenters. The lowest BCUT2D eigenvalue weighted by Gasteiger charge is -2.10. The Labute approximate surface area is 90.4 Å². The third kappa shape index (κ3) is 3.24. The molecular formula is C7H6BrF3N2O2. The van der Waals surface area contributed by atoms with Gasteiger partial charge in [0.15, 0.2) is 0 Å². The first-order valence-electron chi connectivity index (χ1n) is 3.71. The lowest BCUT2D eigenvalue weighted by Crippen LogP contribution is -2.23. The number of pyridine rings is 1. The first kappa shape index (κ1) is 12.1. The van der Waals surface area contributed by atoms with Crippen molar-refractivity contribution in [2.45, 2.75) is 12.9 Å². The van der Waals surface area contributed by atoms with Gasteiger partial charge in [-0.15, -0.1) is 13.2 Å². The summed E-state index contributed by atoms with van der Waals surface area (Å²) in [5.41, 5.74) is 4.63. The number of alkyl halides is 3. The zero-order valence-electron chi connectivity index (χ0n) is 7.19. The van der Waals surface area contributed by atoms with Gasteiger partial charge < -0.3 is 15.5 Å². The monoisotopic (exact) mass is 286 g/mol. The highest BCUT2D eigenvalue weighted by molar-refractivity contribution is 9.10. The largest absolute Gasteiger partial charge is 0.573 e. The van der Waals surface area contributed by atoms with Crippen LogP contribution in [-0.2, 0) is 6.54 Å². The molecule has 4 nitrogen and oxygen atoms in total. The maximum absolute atomic E-state index is 11.9. The van der Waals surface area contributed by atoms with Crippen LogP contribution in [0.5, 0.6) is 5.75 Å². The molecule has 0 saturated heterocycles. The summed E-state index contributed by atoms with van der Waals surface area (Å²) in [4.78, 5) is 13.6. The summed E-state index contributed by atoms with van der Waals surface area (Å²) >= 11 is 2.76. The highest BCUT2D eigenvalue weighted by Crippen LogP contribution is 2.25. The van der Waals surface area contributed by atoms with Crippen LogP contribution in [0.25, 0.3) is 0 Å². The molecule has 1 rings (SSSR count). The van der Waals surface area contributed by atoms with Crippen LogP contribution in [0.3, 0.4) is 0 Å². The van der Waals surface area contributed by atoms with Crippen molar-refractivity contribution in [3.05, 3.63) is 26.6 Å². The van der Waals surface area contributed by atoms with Gasteiger partial charge in [0, 0.05) is 18.3 Å². The van der Waals surface area contributed by atoms with Gasteiger partial charge in [0.25, 0.3) is 0 Å². The van der Waals surface area contributed by atoms with Gasteiger partial charge in [-0.2, -0.15) is 0 Å². The fourth-order valence-corrected chi connectivity index (χ4v) is 1.42. The van der Waals surface area contributed by atoms with E-state index < -0.39 is 17.5 Å². The van der Waals surface area contributed by atoms with Crippen molar-refractivity contribution in [2.24, 2.45) is 5.73 Å². The van der Waals surface area contributed by atoms with Crippen LogP contribution < -0.4 is 15.9 Å². The lowest BCUT2D eigenvalue weighted by atomic mass is 10.3. The highest BCUT2D eigenvalue weighted by atomic mass is 79.9. The molecule has 0 radical (unpaired) electrons. The van der Waals surface area contributed by atoms with Gasteiger partial charge in [-0.25, -0.2) is 0 Å².